The van der Waals surface area contributed by atoms with Gasteiger partial charge in [-0.15, -0.1) is 0 Å². The number of piperidine rings is 1. The lowest BCUT2D eigenvalue weighted by molar-refractivity contribution is -0.132. The van der Waals surface area contributed by atoms with E-state index in [2.05, 4.69) is 5.43 Å². The Hall–Kier alpha value is -0.690. The number of aliphatic hydroxyl groups is 3. The monoisotopic (exact) mass is 204 g/mol. The second-order valence-electron chi connectivity index (χ2n) is 3.57. The Labute approximate surface area is 82.1 Å². The number of rotatable bonds is 2. The van der Waals surface area contributed by atoms with Crippen LogP contribution in [-0.2, 0) is 4.79 Å². The van der Waals surface area contributed by atoms with Gasteiger partial charge in [-0.2, -0.15) is 0 Å². The van der Waals surface area contributed by atoms with E-state index >= 15 is 0 Å². The van der Waals surface area contributed by atoms with E-state index in [0.29, 0.717) is 6.54 Å². The summed E-state index contributed by atoms with van der Waals surface area (Å²) in [5.41, 5.74) is 2.51. The molecule has 4 N–H and O–H groups in total. The zero-order chi connectivity index (χ0) is 10.7. The summed E-state index contributed by atoms with van der Waals surface area (Å²) in [7, 11) is 0. The maximum Gasteiger partial charge on any atom is 0.231 e. The van der Waals surface area contributed by atoms with E-state index in [-0.39, 0.29) is 19.1 Å². The molecule has 82 valence electrons. The molecule has 0 aromatic rings. The average molecular weight is 204 g/mol. The Morgan fingerprint density at radius 2 is 2.14 bits per heavy atom. The second-order valence-corrected chi connectivity index (χ2v) is 3.57. The van der Waals surface area contributed by atoms with Crippen LogP contribution in [0.3, 0.4) is 0 Å². The molecule has 1 amide bonds. The van der Waals surface area contributed by atoms with Crippen molar-refractivity contribution in [3.63, 3.8) is 0 Å². The fourth-order valence-corrected chi connectivity index (χ4v) is 1.59. The number of β-amino-alcohol motifs (C(OH)–C–C–N with tert-alkyl or cyclic N) is 1. The molecule has 1 rings (SSSR count). The predicted molar refractivity (Wildman–Crippen MR) is 48.0 cm³/mol. The van der Waals surface area contributed by atoms with Crippen molar-refractivity contribution in [2.75, 3.05) is 19.7 Å². The van der Waals surface area contributed by atoms with Gasteiger partial charge in [-0.25, -0.2) is 5.01 Å². The summed E-state index contributed by atoms with van der Waals surface area (Å²) in [6.07, 6.45) is -1.86. The minimum Gasteiger partial charge on any atom is -0.396 e. The lowest BCUT2D eigenvalue weighted by atomic mass is 9.94. The van der Waals surface area contributed by atoms with Crippen molar-refractivity contribution in [2.45, 2.75) is 19.1 Å². The number of amides is 1. The van der Waals surface area contributed by atoms with Crippen LogP contribution in [0.5, 0.6) is 0 Å². The van der Waals surface area contributed by atoms with E-state index in [4.69, 9.17) is 5.11 Å². The van der Waals surface area contributed by atoms with Crippen molar-refractivity contribution in [3.05, 3.63) is 0 Å². The van der Waals surface area contributed by atoms with Crippen LogP contribution in [0.4, 0.5) is 0 Å². The number of hydrogen-bond acceptors (Lipinski definition) is 5. The Balaban J connectivity index is 2.53. The van der Waals surface area contributed by atoms with Gasteiger partial charge in [-0.1, -0.05) is 0 Å². The SMILES string of the molecule is CC(=O)NN1CC(O)C(O)C(CO)C1. The van der Waals surface area contributed by atoms with Gasteiger partial charge in [0.15, 0.2) is 0 Å². The largest absolute Gasteiger partial charge is 0.396 e. The zero-order valence-electron chi connectivity index (χ0n) is 8.05. The molecule has 0 spiro atoms. The van der Waals surface area contributed by atoms with E-state index in [1.165, 1.54) is 11.9 Å². The highest BCUT2D eigenvalue weighted by Gasteiger charge is 2.34. The van der Waals surface area contributed by atoms with Crippen LogP contribution in [0.1, 0.15) is 6.92 Å². The van der Waals surface area contributed by atoms with E-state index in [9.17, 15) is 15.0 Å². The smallest absolute Gasteiger partial charge is 0.231 e. The average Bonchev–Trinajstić information content (AvgIpc) is 2.10. The van der Waals surface area contributed by atoms with Gasteiger partial charge < -0.3 is 15.3 Å². The second kappa shape index (κ2) is 4.70. The topological polar surface area (TPSA) is 93.0 Å². The number of carbonyl (C=O) groups excluding carboxylic acids is 1. The maximum absolute atomic E-state index is 10.7. The van der Waals surface area contributed by atoms with Crippen molar-refractivity contribution < 1.29 is 20.1 Å². The van der Waals surface area contributed by atoms with Gasteiger partial charge in [0, 0.05) is 32.5 Å². The zero-order valence-corrected chi connectivity index (χ0v) is 8.05. The summed E-state index contributed by atoms with van der Waals surface area (Å²) in [5.74, 6) is -0.657. The standard InChI is InChI=1S/C8H16N2O4/c1-5(12)9-10-2-6(4-11)8(14)7(13)3-10/h6-8,11,13-14H,2-4H2,1H3,(H,9,12). The van der Waals surface area contributed by atoms with Gasteiger partial charge in [0.05, 0.1) is 12.2 Å². The third-order valence-electron chi connectivity index (χ3n) is 2.29. The van der Waals surface area contributed by atoms with Crippen LogP contribution in [0.25, 0.3) is 0 Å². The summed E-state index contributed by atoms with van der Waals surface area (Å²) in [6.45, 7) is 1.67. The molecule has 0 aliphatic carbocycles. The molecule has 1 aliphatic heterocycles. The van der Waals surface area contributed by atoms with Gasteiger partial charge in [0.2, 0.25) is 5.91 Å². The lowest BCUT2D eigenvalue weighted by Gasteiger charge is -2.38. The van der Waals surface area contributed by atoms with Crippen molar-refractivity contribution in [1.29, 1.82) is 0 Å². The summed E-state index contributed by atoms with van der Waals surface area (Å²) in [6, 6.07) is 0. The highest BCUT2D eigenvalue weighted by molar-refractivity contribution is 5.72. The lowest BCUT2D eigenvalue weighted by Crippen LogP contribution is -2.58. The molecule has 1 saturated heterocycles. The summed E-state index contributed by atoms with van der Waals surface area (Å²) in [5, 5.41) is 29.3. The summed E-state index contributed by atoms with van der Waals surface area (Å²) >= 11 is 0. The molecule has 0 aromatic heterocycles. The van der Waals surface area contributed by atoms with E-state index < -0.39 is 18.1 Å². The van der Waals surface area contributed by atoms with Crippen LogP contribution in [0.2, 0.25) is 0 Å². The van der Waals surface area contributed by atoms with Crippen LogP contribution in [0, 0.1) is 5.92 Å². The summed E-state index contributed by atoms with van der Waals surface area (Å²) < 4.78 is 0. The first-order valence-electron chi connectivity index (χ1n) is 4.53. The van der Waals surface area contributed by atoms with Crippen molar-refractivity contribution in [2.24, 2.45) is 5.92 Å². The van der Waals surface area contributed by atoms with E-state index in [1.807, 2.05) is 0 Å². The minimum absolute atomic E-state index is 0.178. The fourth-order valence-electron chi connectivity index (χ4n) is 1.59. The van der Waals surface area contributed by atoms with Gasteiger partial charge in [0.25, 0.3) is 0 Å². The van der Waals surface area contributed by atoms with Crippen LogP contribution < -0.4 is 5.43 Å². The first-order chi connectivity index (χ1) is 6.54. The normalized spacial score (nSPS) is 34.1. The van der Waals surface area contributed by atoms with Crippen molar-refractivity contribution in [1.82, 2.24) is 10.4 Å². The summed E-state index contributed by atoms with van der Waals surface area (Å²) in [4.78, 5) is 10.7. The van der Waals surface area contributed by atoms with Crippen LogP contribution in [-0.4, -0.2) is 58.1 Å². The van der Waals surface area contributed by atoms with Crippen molar-refractivity contribution in [3.8, 4) is 0 Å². The maximum atomic E-state index is 10.7. The van der Waals surface area contributed by atoms with Crippen LogP contribution in [0.15, 0.2) is 0 Å². The number of hydrazine groups is 1. The molecule has 14 heavy (non-hydrogen) atoms. The molecule has 1 fully saturated rings. The number of hydrogen-bond donors (Lipinski definition) is 4. The highest BCUT2D eigenvalue weighted by Crippen LogP contribution is 2.15. The first kappa shape index (κ1) is 11.4. The molecule has 0 saturated carbocycles. The predicted octanol–water partition coefficient (Wildman–Crippen LogP) is -2.32. The molecule has 6 nitrogen and oxygen atoms in total. The number of nitrogens with one attached hydrogen (secondary N) is 1. The first-order valence-corrected chi connectivity index (χ1v) is 4.53. The van der Waals surface area contributed by atoms with Gasteiger partial charge in [0.1, 0.15) is 0 Å². The minimum atomic E-state index is -0.937. The van der Waals surface area contributed by atoms with Gasteiger partial charge in [-0.3, -0.25) is 10.2 Å². The third-order valence-corrected chi connectivity index (χ3v) is 2.29. The quantitative estimate of drug-likeness (QED) is 0.405. The highest BCUT2D eigenvalue weighted by atomic mass is 16.3. The molecule has 0 bridgehead atoms. The van der Waals surface area contributed by atoms with E-state index in [1.54, 1.807) is 0 Å². The molecule has 1 aliphatic rings. The van der Waals surface area contributed by atoms with Gasteiger partial charge >= 0.3 is 0 Å². The molecule has 0 radical (unpaired) electrons. The van der Waals surface area contributed by atoms with Crippen molar-refractivity contribution >= 4 is 5.91 Å². The number of aliphatic hydroxyl groups excluding tert-OH is 3. The number of nitrogens with zero attached hydrogens (tertiary/aromatic N) is 1. The Morgan fingerprint density at radius 1 is 1.50 bits per heavy atom. The molecule has 0 aromatic carbocycles. The molecule has 3 unspecified atom stereocenters. The Kier molecular flexibility index (Phi) is 3.82. The Bertz CT molecular complexity index is 212. The molecule has 1 heterocycles. The molecule has 3 atom stereocenters. The van der Waals surface area contributed by atoms with E-state index in [0.717, 1.165) is 0 Å². The number of carbonyl (C=O) groups is 1. The van der Waals surface area contributed by atoms with Crippen LogP contribution >= 0.6 is 0 Å². The molecular weight excluding hydrogens is 188 g/mol. The fraction of sp³-hybridized carbons (Fsp3) is 0.875. The molecular formula is C8H16N2O4. The van der Waals surface area contributed by atoms with Gasteiger partial charge in [-0.05, 0) is 0 Å². The Morgan fingerprint density at radius 3 is 2.64 bits per heavy atom. The third kappa shape index (κ3) is 2.65. The molecule has 6 heteroatoms.